The van der Waals surface area contributed by atoms with Gasteiger partial charge in [-0.2, -0.15) is 0 Å². The van der Waals surface area contributed by atoms with E-state index in [9.17, 15) is 14.4 Å². The monoisotopic (exact) mass is 627 g/mol. The summed E-state index contributed by atoms with van der Waals surface area (Å²) in [6.07, 6.45) is 43.4. The second-order valence-corrected chi connectivity index (χ2v) is 11.7. The van der Waals surface area contributed by atoms with E-state index in [4.69, 9.17) is 9.84 Å². The van der Waals surface area contributed by atoms with Gasteiger partial charge >= 0.3 is 11.9 Å². The van der Waals surface area contributed by atoms with Gasteiger partial charge in [0, 0.05) is 12.8 Å². The molecule has 256 valence electrons. The Morgan fingerprint density at radius 3 is 1.62 bits per heavy atom. The predicted molar refractivity (Wildman–Crippen MR) is 189 cm³/mol. The topological polar surface area (TPSA) is 92.7 Å². The molecule has 2 N–H and O–H groups in total. The number of ether oxygens (including phenoxy) is 1. The number of carbonyl (C=O) groups excluding carboxylic acids is 2. The fourth-order valence-corrected chi connectivity index (χ4v) is 4.84. The van der Waals surface area contributed by atoms with Gasteiger partial charge in [-0.25, -0.2) is 0 Å². The largest absolute Gasteiger partial charge is 0.480 e. The average Bonchev–Trinajstić information content (AvgIpc) is 3.02. The van der Waals surface area contributed by atoms with Crippen LogP contribution in [-0.2, 0) is 19.1 Å². The minimum atomic E-state index is -1.02. The lowest BCUT2D eigenvalue weighted by molar-refractivity contribution is -0.150. The van der Waals surface area contributed by atoms with E-state index < -0.39 is 5.97 Å². The molecule has 1 unspecified atom stereocenters. The summed E-state index contributed by atoms with van der Waals surface area (Å²) in [6.45, 7) is 4.06. The molecule has 0 bridgehead atoms. The molecule has 1 atom stereocenters. The summed E-state index contributed by atoms with van der Waals surface area (Å²) in [7, 11) is 0. The molecule has 0 rings (SSSR count). The molecular weight excluding hydrogens is 562 g/mol. The van der Waals surface area contributed by atoms with E-state index in [2.05, 4.69) is 79.9 Å². The Labute approximate surface area is 275 Å². The number of rotatable bonds is 31. The summed E-state index contributed by atoms with van der Waals surface area (Å²) in [4.78, 5) is 34.7. The van der Waals surface area contributed by atoms with Gasteiger partial charge in [0.25, 0.3) is 0 Å². The summed E-state index contributed by atoms with van der Waals surface area (Å²) in [5.41, 5.74) is 0. The van der Waals surface area contributed by atoms with E-state index in [-0.39, 0.29) is 24.5 Å². The van der Waals surface area contributed by atoms with Crippen molar-refractivity contribution in [3.63, 3.8) is 0 Å². The van der Waals surface area contributed by atoms with Crippen LogP contribution in [0.4, 0.5) is 0 Å². The lowest BCUT2D eigenvalue weighted by atomic mass is 10.0. The highest BCUT2D eigenvalue weighted by atomic mass is 16.5. The number of hydrogen-bond donors (Lipinski definition) is 2. The van der Waals surface area contributed by atoms with Crippen LogP contribution in [0, 0.1) is 0 Å². The predicted octanol–water partition coefficient (Wildman–Crippen LogP) is 10.5. The summed E-state index contributed by atoms with van der Waals surface area (Å²) >= 11 is 0. The first kappa shape index (κ1) is 42.1. The van der Waals surface area contributed by atoms with Crippen molar-refractivity contribution in [1.29, 1.82) is 0 Å². The van der Waals surface area contributed by atoms with Crippen molar-refractivity contribution in [3.05, 3.63) is 60.8 Å². The first-order valence-corrected chi connectivity index (χ1v) is 17.9. The van der Waals surface area contributed by atoms with Crippen LogP contribution in [0.15, 0.2) is 60.8 Å². The lowest BCUT2D eigenvalue weighted by Gasteiger charge is -2.18. The van der Waals surface area contributed by atoms with Crippen molar-refractivity contribution < 1.29 is 24.2 Å². The van der Waals surface area contributed by atoms with Crippen molar-refractivity contribution >= 4 is 17.8 Å². The standard InChI is InChI=1S/C39H65NO5/c1-3-5-7-9-11-12-13-14-15-16-17-18-19-20-21-26-30-34-39(44)45-36(31-27-23-10-8-6-4-2)32-28-24-22-25-29-33-37(41)40-35-38(42)43/h5,7,11-12,14-15,17-18,20-21,36H,3-4,6,8-10,13,16,19,22-35H2,1-2H3,(H,40,41)(H,42,43)/b7-5-,12-11-,15-14-,18-17-,21-20-. The molecule has 45 heavy (non-hydrogen) atoms. The number of nitrogens with one attached hydrogen (secondary N) is 1. The second-order valence-electron chi connectivity index (χ2n) is 11.7. The molecule has 0 aliphatic rings. The zero-order chi connectivity index (χ0) is 33.1. The van der Waals surface area contributed by atoms with E-state index in [0.29, 0.717) is 12.8 Å². The Hall–Kier alpha value is -2.89. The molecule has 0 aliphatic carbocycles. The van der Waals surface area contributed by atoms with Gasteiger partial charge in [-0.1, -0.05) is 126 Å². The highest BCUT2D eigenvalue weighted by molar-refractivity contribution is 5.80. The zero-order valence-corrected chi connectivity index (χ0v) is 28.7. The third-order valence-corrected chi connectivity index (χ3v) is 7.45. The Kier molecular flexibility index (Phi) is 31.8. The molecule has 0 heterocycles. The van der Waals surface area contributed by atoms with Crippen molar-refractivity contribution in [2.45, 2.75) is 161 Å². The molecule has 6 nitrogen and oxygen atoms in total. The van der Waals surface area contributed by atoms with Gasteiger partial charge < -0.3 is 15.2 Å². The number of carboxylic acid groups (broad SMARTS) is 1. The second kappa shape index (κ2) is 34.0. The number of esters is 1. The summed E-state index contributed by atoms with van der Waals surface area (Å²) in [5.74, 6) is -1.31. The maximum atomic E-state index is 12.6. The third-order valence-electron chi connectivity index (χ3n) is 7.45. The number of hydrogen-bond acceptors (Lipinski definition) is 4. The van der Waals surface area contributed by atoms with E-state index in [1.54, 1.807) is 0 Å². The normalized spacial score (nSPS) is 12.8. The number of amides is 1. The fraction of sp³-hybridized carbons (Fsp3) is 0.667. The third kappa shape index (κ3) is 33.8. The van der Waals surface area contributed by atoms with Gasteiger partial charge in [0.05, 0.1) is 0 Å². The molecule has 0 spiro atoms. The Morgan fingerprint density at radius 2 is 1.09 bits per heavy atom. The van der Waals surface area contributed by atoms with Crippen LogP contribution in [-0.4, -0.2) is 35.6 Å². The average molecular weight is 628 g/mol. The Morgan fingerprint density at radius 1 is 0.600 bits per heavy atom. The van der Waals surface area contributed by atoms with Crippen molar-refractivity contribution in [1.82, 2.24) is 5.32 Å². The molecule has 0 aliphatic heterocycles. The maximum absolute atomic E-state index is 12.6. The first-order chi connectivity index (χ1) is 22.0. The van der Waals surface area contributed by atoms with E-state index in [0.717, 1.165) is 96.3 Å². The molecule has 0 fully saturated rings. The molecule has 6 heteroatoms. The maximum Gasteiger partial charge on any atom is 0.322 e. The van der Waals surface area contributed by atoms with Crippen LogP contribution >= 0.6 is 0 Å². The molecule has 0 saturated carbocycles. The van der Waals surface area contributed by atoms with Crippen LogP contribution < -0.4 is 5.32 Å². The molecule has 0 radical (unpaired) electrons. The zero-order valence-electron chi connectivity index (χ0n) is 28.7. The molecule has 0 saturated heterocycles. The van der Waals surface area contributed by atoms with Gasteiger partial charge in [-0.05, 0) is 77.0 Å². The number of allylic oxidation sites excluding steroid dienone is 10. The lowest BCUT2D eigenvalue weighted by Crippen LogP contribution is -2.28. The van der Waals surface area contributed by atoms with Gasteiger partial charge in [-0.15, -0.1) is 0 Å². The minimum Gasteiger partial charge on any atom is -0.480 e. The smallest absolute Gasteiger partial charge is 0.322 e. The molecule has 0 aromatic carbocycles. The van der Waals surface area contributed by atoms with E-state index in [1.165, 1.54) is 32.1 Å². The van der Waals surface area contributed by atoms with E-state index in [1.807, 2.05) is 0 Å². The Balaban J connectivity index is 4.16. The van der Waals surface area contributed by atoms with Crippen LogP contribution in [0.2, 0.25) is 0 Å². The van der Waals surface area contributed by atoms with Gasteiger partial charge in [0.1, 0.15) is 12.6 Å². The van der Waals surface area contributed by atoms with Gasteiger partial charge in [0.2, 0.25) is 5.91 Å². The fourth-order valence-electron chi connectivity index (χ4n) is 4.84. The number of carboxylic acids is 1. The summed E-state index contributed by atoms with van der Waals surface area (Å²) < 4.78 is 5.92. The number of unbranched alkanes of at least 4 members (excludes halogenated alkanes) is 10. The molecule has 1 amide bonds. The van der Waals surface area contributed by atoms with Crippen LogP contribution in [0.5, 0.6) is 0 Å². The SMILES string of the molecule is CC/C=C\C/C=C\C/C=C\C/C=C\C/C=C\CCCC(=O)OC(CCCCCCCC)CCCCCCCC(=O)NCC(=O)O. The molecule has 0 aromatic heterocycles. The van der Waals surface area contributed by atoms with Crippen molar-refractivity contribution in [2.75, 3.05) is 6.54 Å². The highest BCUT2D eigenvalue weighted by Gasteiger charge is 2.14. The van der Waals surface area contributed by atoms with Crippen LogP contribution in [0.1, 0.15) is 155 Å². The quantitative estimate of drug-likeness (QED) is 0.0453. The van der Waals surface area contributed by atoms with E-state index >= 15 is 0 Å². The number of aliphatic carboxylic acids is 1. The highest BCUT2D eigenvalue weighted by Crippen LogP contribution is 2.18. The molecular formula is C39H65NO5. The van der Waals surface area contributed by atoms with Crippen LogP contribution in [0.3, 0.4) is 0 Å². The van der Waals surface area contributed by atoms with Gasteiger partial charge in [-0.3, -0.25) is 14.4 Å². The number of carbonyl (C=O) groups is 3. The summed E-state index contributed by atoms with van der Waals surface area (Å²) in [6, 6.07) is 0. The van der Waals surface area contributed by atoms with Crippen molar-refractivity contribution in [2.24, 2.45) is 0 Å². The van der Waals surface area contributed by atoms with Crippen LogP contribution in [0.25, 0.3) is 0 Å². The minimum absolute atomic E-state index is 0.000767. The first-order valence-electron chi connectivity index (χ1n) is 17.9. The molecule has 0 aromatic rings. The van der Waals surface area contributed by atoms with Gasteiger partial charge in [0.15, 0.2) is 0 Å². The van der Waals surface area contributed by atoms with Crippen molar-refractivity contribution in [3.8, 4) is 0 Å². The Bertz CT molecular complexity index is 871. The summed E-state index contributed by atoms with van der Waals surface area (Å²) in [5, 5.41) is 11.0.